The fourth-order valence-electron chi connectivity index (χ4n) is 3.06. The average Bonchev–Trinajstić information content (AvgIpc) is 3.05. The first-order chi connectivity index (χ1) is 11.3. The average molecular weight is 313 g/mol. The minimum Gasteiger partial charge on any atom is -0.365 e. The zero-order chi connectivity index (χ0) is 15.6. The second-order valence-corrected chi connectivity index (χ2v) is 5.82. The number of nitrogens with one attached hydrogen (secondary N) is 1. The summed E-state index contributed by atoms with van der Waals surface area (Å²) in [5.74, 6) is -0.0467. The molecule has 1 amide bonds. The van der Waals surface area contributed by atoms with Crippen molar-refractivity contribution in [2.75, 3.05) is 26.2 Å². The van der Waals surface area contributed by atoms with Gasteiger partial charge in [0, 0.05) is 26.2 Å². The predicted molar refractivity (Wildman–Crippen MR) is 82.8 cm³/mol. The van der Waals surface area contributed by atoms with E-state index in [9.17, 15) is 4.79 Å². The monoisotopic (exact) mass is 313 g/mol. The van der Waals surface area contributed by atoms with Crippen molar-refractivity contribution >= 4 is 5.91 Å². The second-order valence-electron chi connectivity index (χ2n) is 5.82. The van der Waals surface area contributed by atoms with E-state index in [2.05, 4.69) is 15.6 Å². The zero-order valence-corrected chi connectivity index (χ0v) is 12.8. The van der Waals surface area contributed by atoms with Gasteiger partial charge in [0.1, 0.15) is 6.10 Å². The summed E-state index contributed by atoms with van der Waals surface area (Å²) in [7, 11) is 0. The van der Waals surface area contributed by atoms with Gasteiger partial charge in [-0.3, -0.25) is 4.79 Å². The fourth-order valence-corrected chi connectivity index (χ4v) is 3.06. The number of nitrogens with zero attached hydrogens (tertiary/aromatic N) is 4. The minimum atomic E-state index is -0.0486. The van der Waals surface area contributed by atoms with Crippen LogP contribution in [-0.2, 0) is 17.9 Å². The van der Waals surface area contributed by atoms with Crippen LogP contribution in [0.15, 0.2) is 30.3 Å². The molecule has 2 aromatic rings. The Hall–Kier alpha value is -2.25. The molecule has 0 radical (unpaired) electrons. The zero-order valence-electron chi connectivity index (χ0n) is 12.8. The summed E-state index contributed by atoms with van der Waals surface area (Å²) < 4.78 is 7.75. The van der Waals surface area contributed by atoms with Crippen molar-refractivity contribution in [1.29, 1.82) is 0 Å². The standard InChI is InChI=1S/C16H19N5O2/c22-16(20-8-6-17-7-9-20)15-13-11-23-14(10-21(13)19-18-15)12-4-2-1-3-5-12/h1-5,14,17H,6-11H2. The van der Waals surface area contributed by atoms with Gasteiger partial charge in [-0.05, 0) is 5.56 Å². The molecule has 3 heterocycles. The van der Waals surface area contributed by atoms with Gasteiger partial charge >= 0.3 is 0 Å². The highest BCUT2D eigenvalue weighted by molar-refractivity contribution is 5.93. The number of aromatic nitrogens is 3. The number of rotatable bonds is 2. The van der Waals surface area contributed by atoms with E-state index >= 15 is 0 Å². The highest BCUT2D eigenvalue weighted by Gasteiger charge is 2.30. The third kappa shape index (κ3) is 2.73. The van der Waals surface area contributed by atoms with Gasteiger partial charge < -0.3 is 15.0 Å². The molecule has 2 aliphatic rings. The summed E-state index contributed by atoms with van der Waals surface area (Å²) in [6.45, 7) is 4.00. The maximum absolute atomic E-state index is 12.6. The van der Waals surface area contributed by atoms with Gasteiger partial charge in [0.25, 0.3) is 5.91 Å². The van der Waals surface area contributed by atoms with Crippen LogP contribution in [0.5, 0.6) is 0 Å². The predicted octanol–water partition coefficient (Wildman–Crippen LogP) is 0.595. The number of carbonyl (C=O) groups excluding carboxylic acids is 1. The highest BCUT2D eigenvalue weighted by Crippen LogP contribution is 2.27. The molecule has 7 heteroatoms. The molecular weight excluding hydrogens is 294 g/mol. The van der Waals surface area contributed by atoms with Crippen molar-refractivity contribution in [2.24, 2.45) is 0 Å². The van der Waals surface area contributed by atoms with Crippen LogP contribution in [0.3, 0.4) is 0 Å². The van der Waals surface area contributed by atoms with Crippen LogP contribution >= 0.6 is 0 Å². The van der Waals surface area contributed by atoms with Crippen LogP contribution in [0.25, 0.3) is 0 Å². The number of carbonyl (C=O) groups is 1. The van der Waals surface area contributed by atoms with Gasteiger partial charge in [-0.25, -0.2) is 4.68 Å². The first kappa shape index (κ1) is 14.3. The van der Waals surface area contributed by atoms with Gasteiger partial charge in [0.05, 0.1) is 18.8 Å². The summed E-state index contributed by atoms with van der Waals surface area (Å²) >= 11 is 0. The Kier molecular flexibility index (Phi) is 3.80. The summed E-state index contributed by atoms with van der Waals surface area (Å²) in [6.07, 6.45) is -0.0486. The van der Waals surface area contributed by atoms with Crippen molar-refractivity contribution in [1.82, 2.24) is 25.2 Å². The van der Waals surface area contributed by atoms with Crippen LogP contribution in [0, 0.1) is 0 Å². The lowest BCUT2D eigenvalue weighted by Gasteiger charge is -2.28. The van der Waals surface area contributed by atoms with Crippen molar-refractivity contribution < 1.29 is 9.53 Å². The van der Waals surface area contributed by atoms with E-state index in [0.29, 0.717) is 31.9 Å². The summed E-state index contributed by atoms with van der Waals surface area (Å²) in [4.78, 5) is 14.4. The van der Waals surface area contributed by atoms with Crippen LogP contribution in [0.2, 0.25) is 0 Å². The Balaban J connectivity index is 1.54. The molecule has 1 fully saturated rings. The molecule has 2 aliphatic heterocycles. The highest BCUT2D eigenvalue weighted by atomic mass is 16.5. The molecule has 0 aliphatic carbocycles. The SMILES string of the molecule is O=C(c1nnn2c1COC(c1ccccc1)C2)N1CCNCC1. The quantitative estimate of drug-likeness (QED) is 0.879. The van der Waals surface area contributed by atoms with E-state index in [-0.39, 0.29) is 12.0 Å². The van der Waals surface area contributed by atoms with Crippen molar-refractivity contribution in [3.05, 3.63) is 47.3 Å². The molecule has 120 valence electrons. The molecular formula is C16H19N5O2. The third-order valence-corrected chi connectivity index (χ3v) is 4.38. The molecule has 1 saturated heterocycles. The second kappa shape index (κ2) is 6.10. The minimum absolute atomic E-state index is 0.0467. The van der Waals surface area contributed by atoms with Gasteiger partial charge in [0.15, 0.2) is 5.69 Å². The lowest BCUT2D eigenvalue weighted by Crippen LogP contribution is -2.46. The van der Waals surface area contributed by atoms with Gasteiger partial charge in [0.2, 0.25) is 0 Å². The molecule has 4 rings (SSSR count). The number of benzene rings is 1. The lowest BCUT2D eigenvalue weighted by atomic mass is 10.1. The van der Waals surface area contributed by atoms with Gasteiger partial charge in [-0.1, -0.05) is 35.5 Å². The van der Waals surface area contributed by atoms with E-state index in [1.165, 1.54) is 0 Å². The fraction of sp³-hybridized carbons (Fsp3) is 0.438. The Morgan fingerprint density at radius 2 is 2.00 bits per heavy atom. The van der Waals surface area contributed by atoms with Crippen LogP contribution in [0.1, 0.15) is 27.8 Å². The van der Waals surface area contributed by atoms with E-state index in [0.717, 1.165) is 24.3 Å². The Morgan fingerprint density at radius 3 is 2.78 bits per heavy atom. The first-order valence-electron chi connectivity index (χ1n) is 7.92. The largest absolute Gasteiger partial charge is 0.365 e. The van der Waals surface area contributed by atoms with Gasteiger partial charge in [-0.15, -0.1) is 5.10 Å². The first-order valence-corrected chi connectivity index (χ1v) is 7.92. The molecule has 1 atom stereocenters. The molecule has 7 nitrogen and oxygen atoms in total. The van der Waals surface area contributed by atoms with E-state index in [1.807, 2.05) is 35.2 Å². The molecule has 23 heavy (non-hydrogen) atoms. The number of hydrogen-bond acceptors (Lipinski definition) is 5. The molecule has 0 saturated carbocycles. The molecule has 1 N–H and O–H groups in total. The normalized spacial score (nSPS) is 21.0. The summed E-state index contributed by atoms with van der Waals surface area (Å²) in [5, 5.41) is 11.5. The van der Waals surface area contributed by atoms with Crippen LogP contribution in [0.4, 0.5) is 0 Å². The summed E-state index contributed by atoms with van der Waals surface area (Å²) in [6, 6.07) is 10.1. The Labute approximate surface area is 134 Å². The lowest BCUT2D eigenvalue weighted by molar-refractivity contribution is -0.00197. The number of fused-ring (bicyclic) bond motifs is 1. The van der Waals surface area contributed by atoms with Crippen LogP contribution in [-0.4, -0.2) is 52.0 Å². The Bertz CT molecular complexity index is 694. The van der Waals surface area contributed by atoms with Crippen molar-refractivity contribution in [3.8, 4) is 0 Å². The van der Waals surface area contributed by atoms with Crippen molar-refractivity contribution in [3.63, 3.8) is 0 Å². The van der Waals surface area contributed by atoms with E-state index in [1.54, 1.807) is 4.68 Å². The molecule has 1 aromatic carbocycles. The molecule has 0 bridgehead atoms. The van der Waals surface area contributed by atoms with E-state index in [4.69, 9.17) is 4.74 Å². The molecule has 0 spiro atoms. The number of amides is 1. The number of ether oxygens (including phenoxy) is 1. The van der Waals surface area contributed by atoms with Crippen molar-refractivity contribution in [2.45, 2.75) is 19.3 Å². The topological polar surface area (TPSA) is 72.3 Å². The van der Waals surface area contributed by atoms with Gasteiger partial charge in [-0.2, -0.15) is 0 Å². The Morgan fingerprint density at radius 1 is 1.22 bits per heavy atom. The number of piperazine rings is 1. The summed E-state index contributed by atoms with van der Waals surface area (Å²) in [5.41, 5.74) is 2.32. The maximum Gasteiger partial charge on any atom is 0.276 e. The third-order valence-electron chi connectivity index (χ3n) is 4.38. The molecule has 1 unspecified atom stereocenters. The van der Waals surface area contributed by atoms with Crippen LogP contribution < -0.4 is 5.32 Å². The smallest absolute Gasteiger partial charge is 0.276 e. The molecule has 1 aromatic heterocycles. The van der Waals surface area contributed by atoms with E-state index < -0.39 is 0 Å². The number of hydrogen-bond donors (Lipinski definition) is 1. The maximum atomic E-state index is 12.6.